The van der Waals surface area contributed by atoms with Gasteiger partial charge in [-0.1, -0.05) is 12.2 Å². The molecule has 1 aliphatic rings. The Kier molecular flexibility index (Phi) is 4.10. The standard InChI is InChI=1S/C15H19NO3/c1-3-5-12-6-4-9-16(12)15(18)11-7-8-13(17)14(10-11)19-2/h3,5,7-8,10,12,17H,4,6,9H2,1-2H3/b5-3-. The topological polar surface area (TPSA) is 49.8 Å². The Morgan fingerprint density at radius 2 is 2.32 bits per heavy atom. The van der Waals surface area contributed by atoms with E-state index in [1.54, 1.807) is 12.1 Å². The zero-order valence-corrected chi connectivity index (χ0v) is 11.3. The lowest BCUT2D eigenvalue weighted by molar-refractivity contribution is 0.0761. The number of phenolic OH excluding ortho intramolecular Hbond substituents is 1. The number of hydrogen-bond donors (Lipinski definition) is 1. The van der Waals surface area contributed by atoms with Gasteiger partial charge >= 0.3 is 0 Å². The SMILES string of the molecule is C/C=C\C1CCCN1C(=O)c1ccc(O)c(OC)c1. The van der Waals surface area contributed by atoms with Crippen molar-refractivity contribution in [1.29, 1.82) is 0 Å². The molecule has 0 spiro atoms. The van der Waals surface area contributed by atoms with Crippen molar-refractivity contribution in [1.82, 2.24) is 4.90 Å². The maximum absolute atomic E-state index is 12.5. The van der Waals surface area contributed by atoms with Gasteiger partial charge in [0.05, 0.1) is 13.2 Å². The molecule has 19 heavy (non-hydrogen) atoms. The number of benzene rings is 1. The molecule has 1 N–H and O–H groups in total. The van der Waals surface area contributed by atoms with Gasteiger partial charge in [-0.3, -0.25) is 4.79 Å². The lowest BCUT2D eigenvalue weighted by Gasteiger charge is -2.22. The third-order valence-electron chi connectivity index (χ3n) is 3.40. The van der Waals surface area contributed by atoms with Gasteiger partial charge in [0.1, 0.15) is 0 Å². The van der Waals surface area contributed by atoms with Crippen molar-refractivity contribution in [3.8, 4) is 11.5 Å². The van der Waals surface area contributed by atoms with Crippen LogP contribution in [-0.2, 0) is 0 Å². The molecule has 0 radical (unpaired) electrons. The van der Waals surface area contributed by atoms with E-state index >= 15 is 0 Å². The summed E-state index contributed by atoms with van der Waals surface area (Å²) in [6.07, 6.45) is 6.07. The minimum atomic E-state index is -0.0149. The van der Waals surface area contributed by atoms with Gasteiger partial charge in [-0.2, -0.15) is 0 Å². The summed E-state index contributed by atoms with van der Waals surface area (Å²) in [5.74, 6) is 0.358. The number of methoxy groups -OCH3 is 1. The third kappa shape index (κ3) is 2.72. The molecule has 1 heterocycles. The van der Waals surface area contributed by atoms with Crippen LogP contribution in [0.2, 0.25) is 0 Å². The second-order valence-electron chi connectivity index (χ2n) is 4.62. The summed E-state index contributed by atoms with van der Waals surface area (Å²) in [7, 11) is 1.47. The Morgan fingerprint density at radius 1 is 1.53 bits per heavy atom. The van der Waals surface area contributed by atoms with Crippen LogP contribution in [0.4, 0.5) is 0 Å². The molecule has 1 atom stereocenters. The van der Waals surface area contributed by atoms with Crippen LogP contribution in [0.1, 0.15) is 30.1 Å². The summed E-state index contributed by atoms with van der Waals surface area (Å²) in [4.78, 5) is 14.3. The first-order valence-electron chi connectivity index (χ1n) is 6.48. The molecule has 0 bridgehead atoms. The van der Waals surface area contributed by atoms with Gasteiger partial charge in [0, 0.05) is 12.1 Å². The predicted molar refractivity (Wildman–Crippen MR) is 73.5 cm³/mol. The van der Waals surface area contributed by atoms with E-state index in [1.807, 2.05) is 17.9 Å². The summed E-state index contributed by atoms with van der Waals surface area (Å²) >= 11 is 0. The first kappa shape index (κ1) is 13.5. The molecule has 4 heteroatoms. The largest absolute Gasteiger partial charge is 0.504 e. The fourth-order valence-electron chi connectivity index (χ4n) is 2.44. The number of allylic oxidation sites excluding steroid dienone is 1. The Hall–Kier alpha value is -1.97. The highest BCUT2D eigenvalue weighted by Gasteiger charge is 2.27. The molecular formula is C15H19NO3. The Labute approximate surface area is 113 Å². The lowest BCUT2D eigenvalue weighted by Crippen LogP contribution is -2.34. The van der Waals surface area contributed by atoms with Crippen LogP contribution in [-0.4, -0.2) is 35.6 Å². The minimum Gasteiger partial charge on any atom is -0.504 e. The summed E-state index contributed by atoms with van der Waals surface area (Å²) in [6.45, 7) is 2.74. The van der Waals surface area contributed by atoms with E-state index in [9.17, 15) is 9.90 Å². The highest BCUT2D eigenvalue weighted by molar-refractivity contribution is 5.95. The van der Waals surface area contributed by atoms with Crippen molar-refractivity contribution in [2.75, 3.05) is 13.7 Å². The molecule has 0 saturated carbocycles. The molecule has 1 aromatic carbocycles. The number of likely N-dealkylation sites (tertiary alicyclic amines) is 1. The normalized spacial score (nSPS) is 19.1. The van der Waals surface area contributed by atoms with Crippen molar-refractivity contribution in [3.05, 3.63) is 35.9 Å². The van der Waals surface area contributed by atoms with Gasteiger partial charge in [-0.05, 0) is 38.0 Å². The number of carbonyl (C=O) groups is 1. The fourth-order valence-corrected chi connectivity index (χ4v) is 2.44. The number of nitrogens with zero attached hydrogens (tertiary/aromatic N) is 1. The van der Waals surface area contributed by atoms with Crippen molar-refractivity contribution in [2.24, 2.45) is 0 Å². The molecule has 1 aromatic rings. The zero-order valence-electron chi connectivity index (χ0n) is 11.3. The van der Waals surface area contributed by atoms with E-state index in [0.29, 0.717) is 11.3 Å². The predicted octanol–water partition coefficient (Wildman–Crippen LogP) is 2.58. The van der Waals surface area contributed by atoms with Gasteiger partial charge in [0.2, 0.25) is 0 Å². The van der Waals surface area contributed by atoms with Crippen LogP contribution in [0.25, 0.3) is 0 Å². The van der Waals surface area contributed by atoms with Crippen LogP contribution in [0.5, 0.6) is 11.5 Å². The van der Waals surface area contributed by atoms with Crippen molar-refractivity contribution in [3.63, 3.8) is 0 Å². The molecule has 1 saturated heterocycles. The van der Waals surface area contributed by atoms with Crippen molar-refractivity contribution >= 4 is 5.91 Å². The van der Waals surface area contributed by atoms with Crippen LogP contribution < -0.4 is 4.74 Å². The molecule has 1 aliphatic heterocycles. The minimum absolute atomic E-state index is 0.0149. The van der Waals surface area contributed by atoms with E-state index in [1.165, 1.54) is 13.2 Å². The van der Waals surface area contributed by atoms with Gasteiger partial charge in [-0.15, -0.1) is 0 Å². The summed E-state index contributed by atoms with van der Waals surface area (Å²) in [5, 5.41) is 9.56. The van der Waals surface area contributed by atoms with Gasteiger partial charge in [-0.25, -0.2) is 0 Å². The van der Waals surface area contributed by atoms with Crippen LogP contribution in [0.15, 0.2) is 30.4 Å². The molecular weight excluding hydrogens is 242 g/mol. The number of amides is 1. The summed E-state index contributed by atoms with van der Waals surface area (Å²) in [5.41, 5.74) is 0.547. The van der Waals surface area contributed by atoms with Crippen molar-refractivity contribution < 1.29 is 14.6 Å². The second-order valence-corrected chi connectivity index (χ2v) is 4.62. The molecule has 0 aromatic heterocycles. The Morgan fingerprint density at radius 3 is 3.00 bits per heavy atom. The van der Waals surface area contributed by atoms with E-state index in [4.69, 9.17) is 4.74 Å². The Bertz CT molecular complexity index is 496. The molecule has 2 rings (SSSR count). The molecule has 1 unspecified atom stereocenters. The Balaban J connectivity index is 2.24. The fraction of sp³-hybridized carbons (Fsp3) is 0.400. The molecule has 0 aliphatic carbocycles. The highest BCUT2D eigenvalue weighted by atomic mass is 16.5. The molecule has 1 amide bonds. The van der Waals surface area contributed by atoms with Gasteiger partial charge < -0.3 is 14.7 Å². The van der Waals surface area contributed by atoms with Crippen LogP contribution in [0.3, 0.4) is 0 Å². The number of phenols is 1. The number of ether oxygens (including phenoxy) is 1. The smallest absolute Gasteiger partial charge is 0.254 e. The third-order valence-corrected chi connectivity index (χ3v) is 3.40. The van der Waals surface area contributed by atoms with E-state index in [-0.39, 0.29) is 17.7 Å². The zero-order chi connectivity index (χ0) is 13.8. The van der Waals surface area contributed by atoms with E-state index in [0.717, 1.165) is 19.4 Å². The number of aromatic hydroxyl groups is 1. The monoisotopic (exact) mass is 261 g/mol. The number of carbonyl (C=O) groups excluding carboxylic acids is 1. The first-order valence-corrected chi connectivity index (χ1v) is 6.48. The maximum atomic E-state index is 12.5. The molecule has 4 nitrogen and oxygen atoms in total. The van der Waals surface area contributed by atoms with E-state index < -0.39 is 0 Å². The number of hydrogen-bond acceptors (Lipinski definition) is 3. The lowest BCUT2D eigenvalue weighted by atomic mass is 10.1. The summed E-state index contributed by atoms with van der Waals surface area (Å²) < 4.78 is 5.04. The molecule has 102 valence electrons. The van der Waals surface area contributed by atoms with Crippen LogP contribution >= 0.6 is 0 Å². The molecule has 1 fully saturated rings. The average Bonchev–Trinajstić information content (AvgIpc) is 2.87. The average molecular weight is 261 g/mol. The maximum Gasteiger partial charge on any atom is 0.254 e. The quantitative estimate of drug-likeness (QED) is 0.851. The second kappa shape index (κ2) is 5.78. The summed E-state index contributed by atoms with van der Waals surface area (Å²) in [6, 6.07) is 4.89. The van der Waals surface area contributed by atoms with Gasteiger partial charge in [0.25, 0.3) is 5.91 Å². The van der Waals surface area contributed by atoms with Crippen LogP contribution in [0, 0.1) is 0 Å². The van der Waals surface area contributed by atoms with E-state index in [2.05, 4.69) is 6.08 Å². The van der Waals surface area contributed by atoms with Crippen molar-refractivity contribution in [2.45, 2.75) is 25.8 Å². The highest BCUT2D eigenvalue weighted by Crippen LogP contribution is 2.28. The first-order chi connectivity index (χ1) is 9.17. The number of rotatable bonds is 3. The van der Waals surface area contributed by atoms with Gasteiger partial charge in [0.15, 0.2) is 11.5 Å².